The predicted molar refractivity (Wildman–Crippen MR) is 61.9 cm³/mol. The van der Waals surface area contributed by atoms with Crippen molar-refractivity contribution in [2.24, 2.45) is 0 Å². The molecule has 0 aliphatic carbocycles. The van der Waals surface area contributed by atoms with Gasteiger partial charge in [0.2, 0.25) is 5.89 Å². The maximum atomic E-state index is 5.61. The molecule has 84 valence electrons. The molecule has 16 heavy (non-hydrogen) atoms. The molecule has 0 aliphatic heterocycles. The molecule has 2 rings (SSSR count). The molecule has 0 radical (unpaired) electrons. The zero-order valence-corrected chi connectivity index (χ0v) is 9.31. The summed E-state index contributed by atoms with van der Waals surface area (Å²) >= 11 is 0. The lowest BCUT2D eigenvalue weighted by atomic mass is 10.1. The van der Waals surface area contributed by atoms with E-state index in [1.807, 2.05) is 31.2 Å². The first kappa shape index (κ1) is 10.7. The monoisotopic (exact) mass is 217 g/mol. The summed E-state index contributed by atoms with van der Waals surface area (Å²) in [6.45, 7) is 2.01. The van der Waals surface area contributed by atoms with Crippen molar-refractivity contribution in [3.63, 3.8) is 0 Å². The average Bonchev–Trinajstić information content (AvgIpc) is 2.76. The summed E-state index contributed by atoms with van der Waals surface area (Å²) in [6.07, 6.45) is 2.48. The molecule has 1 aromatic carbocycles. The van der Waals surface area contributed by atoms with E-state index in [1.165, 1.54) is 5.56 Å². The minimum atomic E-state index is 0.702. The van der Waals surface area contributed by atoms with E-state index in [0.29, 0.717) is 5.89 Å². The molecule has 2 aromatic rings. The molecule has 4 heteroatoms. The first-order chi connectivity index (χ1) is 7.78. The van der Waals surface area contributed by atoms with Crippen LogP contribution in [0.3, 0.4) is 0 Å². The number of aromatic nitrogens is 2. The van der Waals surface area contributed by atoms with Crippen molar-refractivity contribution in [1.29, 1.82) is 0 Å². The fraction of sp³-hybridized carbons (Fsp3) is 0.333. The quantitative estimate of drug-likeness (QED) is 0.795. The number of nitrogens with zero attached hydrogens (tertiary/aromatic N) is 2. The van der Waals surface area contributed by atoms with Gasteiger partial charge in [-0.2, -0.15) is 4.98 Å². The largest absolute Gasteiger partial charge is 0.399 e. The van der Waals surface area contributed by atoms with Crippen LogP contribution >= 0.6 is 0 Å². The van der Waals surface area contributed by atoms with E-state index in [0.717, 1.165) is 30.8 Å². The van der Waals surface area contributed by atoms with Gasteiger partial charge in [-0.25, -0.2) is 0 Å². The lowest BCUT2D eigenvalue weighted by molar-refractivity contribution is 0.373. The highest BCUT2D eigenvalue weighted by molar-refractivity contribution is 5.39. The van der Waals surface area contributed by atoms with Crippen LogP contribution in [0.25, 0.3) is 0 Å². The molecule has 0 amide bonds. The van der Waals surface area contributed by atoms with Gasteiger partial charge in [-0.1, -0.05) is 24.2 Å². The van der Waals surface area contributed by atoms with Crippen molar-refractivity contribution >= 4 is 5.69 Å². The number of hydrogen-bond acceptors (Lipinski definition) is 4. The number of nitrogen functional groups attached to an aromatic ring is 1. The first-order valence-corrected chi connectivity index (χ1v) is 5.44. The van der Waals surface area contributed by atoms with Crippen LogP contribution in [0.4, 0.5) is 5.69 Å². The SMILES string of the molecule is CCc1noc(CCc2ccc(N)cc2)n1. The minimum Gasteiger partial charge on any atom is -0.399 e. The molecule has 0 spiro atoms. The maximum Gasteiger partial charge on any atom is 0.226 e. The van der Waals surface area contributed by atoms with Crippen molar-refractivity contribution in [2.75, 3.05) is 5.73 Å². The van der Waals surface area contributed by atoms with Crippen molar-refractivity contribution < 1.29 is 4.52 Å². The Hall–Kier alpha value is -1.84. The van der Waals surface area contributed by atoms with Crippen molar-refractivity contribution in [1.82, 2.24) is 10.1 Å². The number of anilines is 1. The number of rotatable bonds is 4. The summed E-state index contributed by atoms with van der Waals surface area (Å²) < 4.78 is 5.12. The molecule has 2 N–H and O–H groups in total. The van der Waals surface area contributed by atoms with Gasteiger partial charge in [0.1, 0.15) is 0 Å². The maximum absolute atomic E-state index is 5.61. The van der Waals surface area contributed by atoms with E-state index < -0.39 is 0 Å². The van der Waals surface area contributed by atoms with E-state index in [2.05, 4.69) is 10.1 Å². The van der Waals surface area contributed by atoms with Gasteiger partial charge in [0, 0.05) is 18.5 Å². The number of benzene rings is 1. The summed E-state index contributed by atoms with van der Waals surface area (Å²) in [5.74, 6) is 1.47. The Morgan fingerprint density at radius 2 is 1.94 bits per heavy atom. The molecule has 0 bridgehead atoms. The average molecular weight is 217 g/mol. The van der Waals surface area contributed by atoms with Crippen LogP contribution in [0.2, 0.25) is 0 Å². The Labute approximate surface area is 94.5 Å². The number of nitrogens with two attached hydrogens (primary N) is 1. The zero-order chi connectivity index (χ0) is 11.4. The predicted octanol–water partition coefficient (Wildman–Crippen LogP) is 2.00. The van der Waals surface area contributed by atoms with Crippen LogP contribution in [-0.4, -0.2) is 10.1 Å². The molecule has 0 fully saturated rings. The fourth-order valence-corrected chi connectivity index (χ4v) is 1.47. The molecule has 0 aliphatic rings. The molecule has 0 saturated heterocycles. The van der Waals surface area contributed by atoms with E-state index in [-0.39, 0.29) is 0 Å². The Balaban J connectivity index is 1.94. The summed E-state index contributed by atoms with van der Waals surface area (Å²) in [6, 6.07) is 7.85. The summed E-state index contributed by atoms with van der Waals surface area (Å²) in [7, 11) is 0. The van der Waals surface area contributed by atoms with Crippen LogP contribution in [0, 0.1) is 0 Å². The molecule has 1 heterocycles. The van der Waals surface area contributed by atoms with E-state index in [9.17, 15) is 0 Å². The van der Waals surface area contributed by atoms with Crippen LogP contribution in [-0.2, 0) is 19.3 Å². The third-order valence-electron chi connectivity index (χ3n) is 2.43. The van der Waals surface area contributed by atoms with Gasteiger partial charge in [-0.05, 0) is 24.1 Å². The van der Waals surface area contributed by atoms with Crippen LogP contribution in [0.5, 0.6) is 0 Å². The van der Waals surface area contributed by atoms with Crippen molar-refractivity contribution in [3.8, 4) is 0 Å². The molecule has 1 aromatic heterocycles. The number of aryl methyl sites for hydroxylation is 3. The smallest absolute Gasteiger partial charge is 0.226 e. The Morgan fingerprint density at radius 3 is 2.56 bits per heavy atom. The van der Waals surface area contributed by atoms with Crippen LogP contribution in [0.1, 0.15) is 24.2 Å². The molecule has 0 unspecified atom stereocenters. The highest BCUT2D eigenvalue weighted by atomic mass is 16.5. The van der Waals surface area contributed by atoms with Gasteiger partial charge >= 0.3 is 0 Å². The Bertz CT molecular complexity index is 448. The molecule has 0 atom stereocenters. The van der Waals surface area contributed by atoms with Crippen LogP contribution < -0.4 is 5.73 Å². The third kappa shape index (κ3) is 2.59. The van der Waals surface area contributed by atoms with Gasteiger partial charge < -0.3 is 10.3 Å². The minimum absolute atomic E-state index is 0.702. The zero-order valence-electron chi connectivity index (χ0n) is 9.31. The molecule has 4 nitrogen and oxygen atoms in total. The third-order valence-corrected chi connectivity index (χ3v) is 2.43. The molecular formula is C12H15N3O. The van der Waals surface area contributed by atoms with Gasteiger partial charge in [0.15, 0.2) is 5.82 Å². The lowest BCUT2D eigenvalue weighted by Crippen LogP contribution is -1.93. The van der Waals surface area contributed by atoms with Gasteiger partial charge in [-0.15, -0.1) is 0 Å². The normalized spacial score (nSPS) is 10.6. The van der Waals surface area contributed by atoms with Crippen LogP contribution in [0.15, 0.2) is 28.8 Å². The van der Waals surface area contributed by atoms with E-state index in [1.54, 1.807) is 0 Å². The van der Waals surface area contributed by atoms with Crippen molar-refractivity contribution in [3.05, 3.63) is 41.5 Å². The summed E-state index contributed by atoms with van der Waals surface area (Å²) in [5, 5.41) is 3.85. The Morgan fingerprint density at radius 1 is 1.19 bits per heavy atom. The van der Waals surface area contributed by atoms with Crippen molar-refractivity contribution in [2.45, 2.75) is 26.2 Å². The molecule has 0 saturated carbocycles. The highest BCUT2D eigenvalue weighted by Gasteiger charge is 2.04. The molecular weight excluding hydrogens is 202 g/mol. The van der Waals surface area contributed by atoms with E-state index >= 15 is 0 Å². The van der Waals surface area contributed by atoms with Gasteiger partial charge in [0.05, 0.1) is 0 Å². The summed E-state index contributed by atoms with van der Waals surface area (Å²) in [4.78, 5) is 4.26. The van der Waals surface area contributed by atoms with Gasteiger partial charge in [0.25, 0.3) is 0 Å². The summed E-state index contributed by atoms with van der Waals surface area (Å²) in [5.41, 5.74) is 7.63. The second kappa shape index (κ2) is 4.79. The lowest BCUT2D eigenvalue weighted by Gasteiger charge is -1.98. The second-order valence-electron chi connectivity index (χ2n) is 3.70. The number of hydrogen-bond donors (Lipinski definition) is 1. The highest BCUT2D eigenvalue weighted by Crippen LogP contribution is 2.09. The fourth-order valence-electron chi connectivity index (χ4n) is 1.47. The Kier molecular flexibility index (Phi) is 3.19. The first-order valence-electron chi connectivity index (χ1n) is 5.44. The standard InChI is InChI=1S/C12H15N3O/c1-2-11-14-12(16-15-11)8-5-9-3-6-10(13)7-4-9/h3-4,6-7H,2,5,8,13H2,1H3. The van der Waals surface area contributed by atoms with Gasteiger partial charge in [-0.3, -0.25) is 0 Å². The second-order valence-corrected chi connectivity index (χ2v) is 3.70. The topological polar surface area (TPSA) is 64.9 Å². The van der Waals surface area contributed by atoms with E-state index in [4.69, 9.17) is 10.3 Å².